The molecule has 0 radical (unpaired) electrons. The van der Waals surface area contributed by atoms with Crippen molar-refractivity contribution in [1.29, 1.82) is 0 Å². The molecule has 0 spiro atoms. The van der Waals surface area contributed by atoms with Crippen LogP contribution in [0.2, 0.25) is 5.28 Å². The number of nitrogens with one attached hydrogen (secondary N) is 1. The molecule has 3 rings (SSSR count). The molecule has 0 saturated carbocycles. The SMILES string of the molecule is COc1cc2c(NCCN3CCCC3)nc(Cl)nc2cc1I. The Kier molecular flexibility index (Phi) is 5.20. The van der Waals surface area contributed by atoms with Crippen LogP contribution in [-0.4, -0.2) is 48.2 Å². The maximum Gasteiger partial charge on any atom is 0.224 e. The van der Waals surface area contributed by atoms with Crippen molar-refractivity contribution in [3.8, 4) is 5.75 Å². The van der Waals surface area contributed by atoms with E-state index in [4.69, 9.17) is 16.3 Å². The largest absolute Gasteiger partial charge is 0.496 e. The molecule has 1 aliphatic heterocycles. The Hall–Kier alpha value is -0.860. The summed E-state index contributed by atoms with van der Waals surface area (Å²) in [5.74, 6) is 1.59. The lowest BCUT2D eigenvalue weighted by molar-refractivity contribution is 0.352. The van der Waals surface area contributed by atoms with E-state index in [1.54, 1.807) is 7.11 Å². The molecule has 0 aliphatic carbocycles. The van der Waals surface area contributed by atoms with E-state index in [9.17, 15) is 0 Å². The standard InChI is InChI=1S/C15H18ClIN4O/c1-22-13-8-10-12(9-11(13)17)19-15(16)20-14(10)18-4-7-21-5-2-3-6-21/h8-9H,2-7H2,1H3,(H,18,19,20). The van der Waals surface area contributed by atoms with Crippen LogP contribution < -0.4 is 10.1 Å². The molecule has 22 heavy (non-hydrogen) atoms. The zero-order chi connectivity index (χ0) is 15.5. The van der Waals surface area contributed by atoms with Crippen molar-refractivity contribution in [2.45, 2.75) is 12.8 Å². The minimum atomic E-state index is 0.261. The average molecular weight is 433 g/mol. The zero-order valence-corrected chi connectivity index (χ0v) is 15.3. The second-order valence-corrected chi connectivity index (χ2v) is 6.82. The number of likely N-dealkylation sites (tertiary alicyclic amines) is 1. The minimum absolute atomic E-state index is 0.261. The molecule has 7 heteroatoms. The molecule has 0 unspecified atom stereocenters. The lowest BCUT2D eigenvalue weighted by Crippen LogP contribution is -2.26. The van der Waals surface area contributed by atoms with Crippen molar-refractivity contribution in [2.24, 2.45) is 0 Å². The van der Waals surface area contributed by atoms with Gasteiger partial charge in [0.05, 0.1) is 16.2 Å². The highest BCUT2D eigenvalue weighted by molar-refractivity contribution is 14.1. The zero-order valence-electron chi connectivity index (χ0n) is 12.4. The van der Waals surface area contributed by atoms with Gasteiger partial charge >= 0.3 is 0 Å². The van der Waals surface area contributed by atoms with Crippen LogP contribution in [0.1, 0.15) is 12.8 Å². The van der Waals surface area contributed by atoms with Gasteiger partial charge in [0.25, 0.3) is 0 Å². The van der Waals surface area contributed by atoms with Crippen LogP contribution in [0.4, 0.5) is 5.82 Å². The number of aromatic nitrogens is 2. The summed E-state index contributed by atoms with van der Waals surface area (Å²) in [4.78, 5) is 11.1. The maximum absolute atomic E-state index is 6.05. The molecular weight excluding hydrogens is 415 g/mol. The van der Waals surface area contributed by atoms with E-state index < -0.39 is 0 Å². The summed E-state index contributed by atoms with van der Waals surface area (Å²) >= 11 is 8.28. The van der Waals surface area contributed by atoms with Crippen molar-refractivity contribution < 1.29 is 4.74 Å². The average Bonchev–Trinajstić information content (AvgIpc) is 2.99. The number of anilines is 1. The van der Waals surface area contributed by atoms with Gasteiger partial charge in [0.15, 0.2) is 0 Å². The number of rotatable bonds is 5. The molecule has 2 heterocycles. The summed E-state index contributed by atoms with van der Waals surface area (Å²) in [5.41, 5.74) is 0.828. The van der Waals surface area contributed by atoms with Gasteiger partial charge in [0, 0.05) is 18.5 Å². The lowest BCUT2D eigenvalue weighted by atomic mass is 10.2. The Bertz CT molecular complexity index is 676. The fraction of sp³-hybridized carbons (Fsp3) is 0.467. The Balaban J connectivity index is 1.83. The molecule has 118 valence electrons. The van der Waals surface area contributed by atoms with Crippen LogP contribution in [0.15, 0.2) is 12.1 Å². The molecule has 1 aromatic carbocycles. The van der Waals surface area contributed by atoms with Crippen LogP contribution in [0, 0.1) is 3.57 Å². The number of fused-ring (bicyclic) bond motifs is 1. The highest BCUT2D eigenvalue weighted by Crippen LogP contribution is 2.30. The third kappa shape index (κ3) is 3.55. The second kappa shape index (κ2) is 7.14. The fourth-order valence-electron chi connectivity index (χ4n) is 2.73. The molecule has 5 nitrogen and oxygen atoms in total. The third-order valence-electron chi connectivity index (χ3n) is 3.86. The second-order valence-electron chi connectivity index (χ2n) is 5.32. The van der Waals surface area contributed by atoms with Crippen molar-refractivity contribution >= 4 is 50.9 Å². The van der Waals surface area contributed by atoms with E-state index in [0.29, 0.717) is 0 Å². The van der Waals surface area contributed by atoms with Crippen LogP contribution in [-0.2, 0) is 0 Å². The van der Waals surface area contributed by atoms with Crippen molar-refractivity contribution in [3.05, 3.63) is 21.0 Å². The topological polar surface area (TPSA) is 50.3 Å². The van der Waals surface area contributed by atoms with E-state index in [1.165, 1.54) is 25.9 Å². The first-order chi connectivity index (χ1) is 10.7. The summed E-state index contributed by atoms with van der Waals surface area (Å²) in [5, 5.41) is 4.59. The molecule has 1 aromatic heterocycles. The number of nitrogens with zero attached hydrogens (tertiary/aromatic N) is 3. The van der Waals surface area contributed by atoms with Crippen molar-refractivity contribution in [2.75, 3.05) is 38.6 Å². The Labute approximate surface area is 148 Å². The smallest absolute Gasteiger partial charge is 0.224 e. The first-order valence-corrected chi connectivity index (χ1v) is 8.80. The maximum atomic E-state index is 6.05. The number of halogens is 2. The van der Waals surface area contributed by atoms with Gasteiger partial charge in [0.1, 0.15) is 11.6 Å². The van der Waals surface area contributed by atoms with Crippen LogP contribution in [0.3, 0.4) is 0 Å². The summed E-state index contributed by atoms with van der Waals surface area (Å²) in [6, 6.07) is 3.93. The van der Waals surface area contributed by atoms with Gasteiger partial charge in [-0.15, -0.1) is 0 Å². The van der Waals surface area contributed by atoms with Crippen LogP contribution in [0.5, 0.6) is 5.75 Å². The Morgan fingerprint density at radius 1 is 1.32 bits per heavy atom. The number of ether oxygens (including phenoxy) is 1. The molecule has 1 N–H and O–H groups in total. The van der Waals surface area contributed by atoms with Crippen molar-refractivity contribution in [3.63, 3.8) is 0 Å². The minimum Gasteiger partial charge on any atom is -0.496 e. The Morgan fingerprint density at radius 3 is 2.82 bits per heavy atom. The molecule has 2 aromatic rings. The normalized spacial score (nSPS) is 15.4. The highest BCUT2D eigenvalue weighted by Gasteiger charge is 2.13. The van der Waals surface area contributed by atoms with Gasteiger partial charge < -0.3 is 15.0 Å². The number of methoxy groups -OCH3 is 1. The summed E-state index contributed by atoms with van der Waals surface area (Å²) in [6.45, 7) is 4.25. The van der Waals surface area contributed by atoms with E-state index in [1.807, 2.05) is 12.1 Å². The molecule has 0 amide bonds. The lowest BCUT2D eigenvalue weighted by Gasteiger charge is -2.16. The molecule has 0 atom stereocenters. The van der Waals surface area contributed by atoms with E-state index in [-0.39, 0.29) is 5.28 Å². The fourth-order valence-corrected chi connectivity index (χ4v) is 3.58. The molecule has 1 aliphatic rings. The predicted molar refractivity (Wildman–Crippen MR) is 98.0 cm³/mol. The highest BCUT2D eigenvalue weighted by atomic mass is 127. The summed E-state index contributed by atoms with van der Waals surface area (Å²) in [7, 11) is 1.67. The van der Waals surface area contributed by atoms with E-state index >= 15 is 0 Å². The van der Waals surface area contributed by atoms with Gasteiger partial charge in [-0.05, 0) is 72.3 Å². The quantitative estimate of drug-likeness (QED) is 0.580. The van der Waals surface area contributed by atoms with E-state index in [0.717, 1.165) is 39.1 Å². The van der Waals surface area contributed by atoms with Gasteiger partial charge in [0.2, 0.25) is 5.28 Å². The van der Waals surface area contributed by atoms with Crippen LogP contribution >= 0.6 is 34.2 Å². The number of hydrogen-bond acceptors (Lipinski definition) is 5. The van der Waals surface area contributed by atoms with Gasteiger partial charge in [-0.25, -0.2) is 9.97 Å². The predicted octanol–water partition coefficient (Wildman–Crippen LogP) is 3.40. The van der Waals surface area contributed by atoms with Crippen molar-refractivity contribution in [1.82, 2.24) is 14.9 Å². The first-order valence-electron chi connectivity index (χ1n) is 7.34. The monoisotopic (exact) mass is 432 g/mol. The number of benzene rings is 1. The molecule has 1 fully saturated rings. The van der Waals surface area contributed by atoms with Gasteiger partial charge in [-0.3, -0.25) is 0 Å². The Morgan fingerprint density at radius 2 is 2.09 bits per heavy atom. The van der Waals surface area contributed by atoms with Gasteiger partial charge in [-0.1, -0.05) is 0 Å². The molecule has 0 bridgehead atoms. The van der Waals surface area contributed by atoms with E-state index in [2.05, 4.69) is 42.8 Å². The van der Waals surface area contributed by atoms with Crippen LogP contribution in [0.25, 0.3) is 10.9 Å². The molecular formula is C15H18ClIN4O. The third-order valence-corrected chi connectivity index (χ3v) is 4.87. The first kappa shape index (κ1) is 16.0. The summed E-state index contributed by atoms with van der Waals surface area (Å²) < 4.78 is 6.40. The summed E-state index contributed by atoms with van der Waals surface area (Å²) in [6.07, 6.45) is 2.61. The van der Waals surface area contributed by atoms with Gasteiger partial charge in [-0.2, -0.15) is 0 Å². The molecule has 1 saturated heterocycles. The number of hydrogen-bond donors (Lipinski definition) is 1.